The zero-order valence-corrected chi connectivity index (χ0v) is 20.3. The van der Waals surface area contributed by atoms with E-state index in [1.165, 1.54) is 21.9 Å². The highest BCUT2D eigenvalue weighted by Gasteiger charge is 2.38. The molecule has 2 unspecified atom stereocenters. The maximum atomic E-state index is 13.0. The van der Waals surface area contributed by atoms with Crippen molar-refractivity contribution >= 4 is 22.6 Å². The number of nitrogens with zero attached hydrogens (tertiary/aromatic N) is 1. The molecule has 2 fully saturated rings. The van der Waals surface area contributed by atoms with E-state index in [-0.39, 0.29) is 23.4 Å². The molecule has 0 saturated carbocycles. The number of piperidine rings is 1. The lowest BCUT2D eigenvalue weighted by Crippen LogP contribution is -2.48. The Kier molecular flexibility index (Phi) is 7.14. The molecule has 2 heterocycles. The van der Waals surface area contributed by atoms with E-state index >= 15 is 0 Å². The Hall–Kier alpha value is -3.18. The first kappa shape index (κ1) is 23.6. The van der Waals surface area contributed by atoms with Gasteiger partial charge in [-0.1, -0.05) is 72.8 Å². The summed E-state index contributed by atoms with van der Waals surface area (Å²) >= 11 is 0. The Morgan fingerprint density at radius 2 is 1.83 bits per heavy atom. The summed E-state index contributed by atoms with van der Waals surface area (Å²) in [7, 11) is 0. The van der Waals surface area contributed by atoms with Crippen LogP contribution in [0.1, 0.15) is 49.7 Å². The standard InChI is InChI=1S/C30H35N3O2/c34-28(31-26-13-7-19-33(22-26)21-23-8-2-1-3-9-23)15-17-30(18-16-29(35)32-30)20-25-12-6-11-24-10-4-5-14-27(24)25/h1-6,8-12,14,26H,7,13,15-22H2,(H,31,34)(H,32,35). The van der Waals surface area contributed by atoms with E-state index in [9.17, 15) is 9.59 Å². The number of benzene rings is 3. The van der Waals surface area contributed by atoms with Gasteiger partial charge in [-0.15, -0.1) is 0 Å². The van der Waals surface area contributed by atoms with E-state index < -0.39 is 0 Å². The van der Waals surface area contributed by atoms with Crippen molar-refractivity contribution in [2.45, 2.75) is 63.1 Å². The van der Waals surface area contributed by atoms with Gasteiger partial charge in [-0.2, -0.15) is 0 Å². The second-order valence-electron chi connectivity index (χ2n) is 10.3. The summed E-state index contributed by atoms with van der Waals surface area (Å²) in [5.74, 6) is 0.185. The van der Waals surface area contributed by atoms with Crippen LogP contribution in [0.3, 0.4) is 0 Å². The molecular weight excluding hydrogens is 434 g/mol. The first-order valence-electron chi connectivity index (χ1n) is 12.9. The zero-order valence-electron chi connectivity index (χ0n) is 20.3. The summed E-state index contributed by atoms with van der Waals surface area (Å²) in [5.41, 5.74) is 2.19. The van der Waals surface area contributed by atoms with Gasteiger partial charge in [0.1, 0.15) is 0 Å². The Morgan fingerprint density at radius 3 is 2.66 bits per heavy atom. The lowest BCUT2D eigenvalue weighted by molar-refractivity contribution is -0.123. The molecule has 0 spiro atoms. The molecule has 2 aliphatic heterocycles. The van der Waals surface area contributed by atoms with Crippen molar-refractivity contribution in [3.8, 4) is 0 Å². The molecule has 2 aliphatic rings. The molecule has 5 heteroatoms. The van der Waals surface area contributed by atoms with Crippen LogP contribution in [0.5, 0.6) is 0 Å². The molecular formula is C30H35N3O2. The molecule has 2 saturated heterocycles. The number of fused-ring (bicyclic) bond motifs is 1. The molecule has 182 valence electrons. The number of carbonyl (C=O) groups excluding carboxylic acids is 2. The predicted molar refractivity (Wildman–Crippen MR) is 140 cm³/mol. The maximum absolute atomic E-state index is 13.0. The fourth-order valence-corrected chi connectivity index (χ4v) is 5.80. The highest BCUT2D eigenvalue weighted by molar-refractivity contribution is 5.86. The Balaban J connectivity index is 1.19. The first-order chi connectivity index (χ1) is 17.1. The van der Waals surface area contributed by atoms with Crippen LogP contribution >= 0.6 is 0 Å². The molecule has 3 aromatic carbocycles. The smallest absolute Gasteiger partial charge is 0.220 e. The molecule has 0 aliphatic carbocycles. The van der Waals surface area contributed by atoms with Crippen LogP contribution in [0.4, 0.5) is 0 Å². The SMILES string of the molecule is O=C(CCC1(Cc2cccc3ccccc23)CCC(=O)N1)NC1CCCN(Cc2ccccc2)C1. The summed E-state index contributed by atoms with van der Waals surface area (Å²) in [6, 6.07) is 25.4. The fourth-order valence-electron chi connectivity index (χ4n) is 5.80. The van der Waals surface area contributed by atoms with Crippen LogP contribution in [-0.2, 0) is 22.6 Å². The Morgan fingerprint density at radius 1 is 1.03 bits per heavy atom. The largest absolute Gasteiger partial charge is 0.352 e. The van der Waals surface area contributed by atoms with Crippen LogP contribution in [0.2, 0.25) is 0 Å². The van der Waals surface area contributed by atoms with Crippen molar-refractivity contribution < 1.29 is 9.59 Å². The number of nitrogens with one attached hydrogen (secondary N) is 2. The highest BCUT2D eigenvalue weighted by Crippen LogP contribution is 2.32. The van der Waals surface area contributed by atoms with E-state index in [1.807, 2.05) is 6.07 Å². The van der Waals surface area contributed by atoms with Gasteiger partial charge in [0.2, 0.25) is 11.8 Å². The third-order valence-electron chi connectivity index (χ3n) is 7.59. The number of likely N-dealkylation sites (tertiary alicyclic amines) is 1. The fraction of sp³-hybridized carbons (Fsp3) is 0.400. The molecule has 0 radical (unpaired) electrons. The highest BCUT2D eigenvalue weighted by atomic mass is 16.2. The van der Waals surface area contributed by atoms with Gasteiger partial charge in [-0.3, -0.25) is 14.5 Å². The lowest BCUT2D eigenvalue weighted by atomic mass is 9.83. The molecule has 0 bridgehead atoms. The third-order valence-corrected chi connectivity index (χ3v) is 7.59. The van der Waals surface area contributed by atoms with Crippen LogP contribution in [-0.4, -0.2) is 41.4 Å². The average molecular weight is 470 g/mol. The topological polar surface area (TPSA) is 61.4 Å². The van der Waals surface area contributed by atoms with Crippen molar-refractivity contribution in [2.75, 3.05) is 13.1 Å². The van der Waals surface area contributed by atoms with Crippen LogP contribution in [0, 0.1) is 0 Å². The van der Waals surface area contributed by atoms with Gasteiger partial charge >= 0.3 is 0 Å². The monoisotopic (exact) mass is 469 g/mol. The minimum Gasteiger partial charge on any atom is -0.352 e. The molecule has 2 amide bonds. The maximum Gasteiger partial charge on any atom is 0.220 e. The van der Waals surface area contributed by atoms with Crippen LogP contribution in [0.25, 0.3) is 10.8 Å². The molecule has 35 heavy (non-hydrogen) atoms. The van der Waals surface area contributed by atoms with E-state index in [0.717, 1.165) is 45.3 Å². The quantitative estimate of drug-likeness (QED) is 0.507. The summed E-state index contributed by atoms with van der Waals surface area (Å²) in [4.78, 5) is 27.7. The molecule has 0 aromatic heterocycles. The van der Waals surface area contributed by atoms with Gasteiger partial charge < -0.3 is 10.6 Å². The Labute approximate surface area is 207 Å². The van der Waals surface area contributed by atoms with Gasteiger partial charge in [0.25, 0.3) is 0 Å². The number of hydrogen-bond acceptors (Lipinski definition) is 3. The second-order valence-corrected chi connectivity index (χ2v) is 10.3. The zero-order chi connectivity index (χ0) is 24.1. The Bertz CT molecular complexity index is 1170. The lowest BCUT2D eigenvalue weighted by Gasteiger charge is -2.34. The van der Waals surface area contributed by atoms with Crippen molar-refractivity contribution in [3.05, 3.63) is 83.9 Å². The molecule has 5 rings (SSSR count). The van der Waals surface area contributed by atoms with Crippen LogP contribution < -0.4 is 10.6 Å². The summed E-state index contributed by atoms with van der Waals surface area (Å²) in [6.07, 6.45) is 5.27. The van der Waals surface area contributed by atoms with Gasteiger partial charge in [0, 0.05) is 37.5 Å². The van der Waals surface area contributed by atoms with E-state index in [2.05, 4.69) is 82.3 Å². The minimum atomic E-state index is -0.357. The normalized spacial score (nSPS) is 22.7. The molecule has 2 N–H and O–H groups in total. The number of rotatable bonds is 8. The summed E-state index contributed by atoms with van der Waals surface area (Å²) < 4.78 is 0. The molecule has 2 atom stereocenters. The number of carbonyl (C=O) groups is 2. The van der Waals surface area contributed by atoms with Gasteiger partial charge in [0.05, 0.1) is 0 Å². The minimum absolute atomic E-state index is 0.0921. The van der Waals surface area contributed by atoms with Crippen molar-refractivity contribution in [2.24, 2.45) is 0 Å². The van der Waals surface area contributed by atoms with Crippen LogP contribution in [0.15, 0.2) is 72.8 Å². The third kappa shape index (κ3) is 5.91. The molecule has 5 nitrogen and oxygen atoms in total. The van der Waals surface area contributed by atoms with Crippen molar-refractivity contribution in [1.29, 1.82) is 0 Å². The van der Waals surface area contributed by atoms with E-state index in [1.54, 1.807) is 0 Å². The van der Waals surface area contributed by atoms with Gasteiger partial charge in [-0.25, -0.2) is 0 Å². The number of hydrogen-bond donors (Lipinski definition) is 2. The van der Waals surface area contributed by atoms with Gasteiger partial charge in [0.15, 0.2) is 0 Å². The first-order valence-corrected chi connectivity index (χ1v) is 12.9. The average Bonchev–Trinajstić information content (AvgIpc) is 3.24. The number of amides is 2. The van der Waals surface area contributed by atoms with E-state index in [0.29, 0.717) is 19.3 Å². The summed E-state index contributed by atoms with van der Waals surface area (Å²) in [5, 5.41) is 8.96. The molecule has 3 aromatic rings. The van der Waals surface area contributed by atoms with Gasteiger partial charge in [-0.05, 0) is 60.5 Å². The second kappa shape index (κ2) is 10.6. The van der Waals surface area contributed by atoms with E-state index in [4.69, 9.17) is 0 Å². The van der Waals surface area contributed by atoms with Crippen molar-refractivity contribution in [1.82, 2.24) is 15.5 Å². The van der Waals surface area contributed by atoms with Crippen molar-refractivity contribution in [3.63, 3.8) is 0 Å². The predicted octanol–water partition coefficient (Wildman–Crippen LogP) is 4.59. The summed E-state index contributed by atoms with van der Waals surface area (Å²) in [6.45, 7) is 2.88.